The Balaban J connectivity index is 4.53. The standard InChI is InChI=1S/C52H101NO5/c1-4-7-10-13-16-19-21-23-25-27-29-32-34-37-40-43-48(46-51(56)53-49(47-54)50(55)44-41-38-35-31-18-15-12-9-6-3)58-52(57)45-42-39-36-33-30-28-26-24-22-20-17-14-11-8-5-2/h20,22,48-50,54-55H,4-19,21,23-47H2,1-3H3,(H,53,56)/b22-20-. The minimum atomic E-state index is -0.781. The summed E-state index contributed by atoms with van der Waals surface area (Å²) in [6.07, 6.45) is 51.3. The maximum absolute atomic E-state index is 13.2. The zero-order valence-electron chi connectivity index (χ0n) is 39.2. The summed E-state index contributed by atoms with van der Waals surface area (Å²) < 4.78 is 5.94. The Morgan fingerprint density at radius 1 is 0.483 bits per heavy atom. The van der Waals surface area contributed by atoms with Crippen LogP contribution in [0.2, 0.25) is 0 Å². The van der Waals surface area contributed by atoms with Crippen LogP contribution in [0, 0.1) is 0 Å². The lowest BCUT2D eigenvalue weighted by atomic mass is 10.0. The number of amides is 1. The molecule has 0 aromatic heterocycles. The summed E-state index contributed by atoms with van der Waals surface area (Å²) >= 11 is 0. The summed E-state index contributed by atoms with van der Waals surface area (Å²) in [6, 6.07) is -0.694. The summed E-state index contributed by atoms with van der Waals surface area (Å²) in [5.74, 6) is -0.462. The molecule has 6 nitrogen and oxygen atoms in total. The zero-order chi connectivity index (χ0) is 42.4. The van der Waals surface area contributed by atoms with E-state index in [1.165, 1.54) is 193 Å². The van der Waals surface area contributed by atoms with E-state index in [1.807, 2.05) is 0 Å². The fourth-order valence-electron chi connectivity index (χ4n) is 8.13. The summed E-state index contributed by atoms with van der Waals surface area (Å²) in [5, 5.41) is 23.7. The molecule has 3 atom stereocenters. The Kier molecular flexibility index (Phi) is 45.5. The van der Waals surface area contributed by atoms with Crippen LogP contribution in [0.3, 0.4) is 0 Å². The Labute approximate surface area is 361 Å². The third-order valence-corrected chi connectivity index (χ3v) is 12.1. The maximum atomic E-state index is 13.2. The van der Waals surface area contributed by atoms with Crippen LogP contribution in [0.5, 0.6) is 0 Å². The van der Waals surface area contributed by atoms with Gasteiger partial charge in [-0.15, -0.1) is 0 Å². The molecule has 3 N–H and O–H groups in total. The fourth-order valence-corrected chi connectivity index (χ4v) is 8.13. The highest BCUT2D eigenvalue weighted by molar-refractivity contribution is 5.77. The molecule has 0 saturated carbocycles. The molecule has 0 rings (SSSR count). The first-order chi connectivity index (χ1) is 28.5. The molecule has 0 aromatic carbocycles. The molecule has 3 unspecified atom stereocenters. The third-order valence-electron chi connectivity index (χ3n) is 12.1. The lowest BCUT2D eigenvalue weighted by molar-refractivity contribution is -0.151. The molecule has 0 aliphatic carbocycles. The number of aliphatic hydroxyl groups is 2. The van der Waals surface area contributed by atoms with Gasteiger partial charge in [-0.05, 0) is 51.4 Å². The van der Waals surface area contributed by atoms with E-state index in [4.69, 9.17) is 4.74 Å². The van der Waals surface area contributed by atoms with Gasteiger partial charge < -0.3 is 20.3 Å². The number of allylic oxidation sites excluding steroid dienone is 2. The topological polar surface area (TPSA) is 95.9 Å². The normalized spacial score (nSPS) is 13.3. The predicted octanol–water partition coefficient (Wildman–Crippen LogP) is 15.3. The molecular weight excluding hydrogens is 719 g/mol. The zero-order valence-corrected chi connectivity index (χ0v) is 39.2. The largest absolute Gasteiger partial charge is 0.462 e. The number of ether oxygens (including phenoxy) is 1. The first kappa shape index (κ1) is 56.6. The van der Waals surface area contributed by atoms with Gasteiger partial charge in [0, 0.05) is 6.42 Å². The summed E-state index contributed by atoms with van der Waals surface area (Å²) in [4.78, 5) is 26.1. The van der Waals surface area contributed by atoms with E-state index < -0.39 is 18.2 Å². The van der Waals surface area contributed by atoms with Crippen LogP contribution in [0.1, 0.15) is 284 Å². The van der Waals surface area contributed by atoms with Gasteiger partial charge in [0.1, 0.15) is 6.10 Å². The quantitative estimate of drug-likeness (QED) is 0.0323. The Morgan fingerprint density at radius 3 is 1.24 bits per heavy atom. The lowest BCUT2D eigenvalue weighted by Crippen LogP contribution is -2.46. The van der Waals surface area contributed by atoms with Crippen molar-refractivity contribution in [2.75, 3.05) is 6.61 Å². The van der Waals surface area contributed by atoms with Gasteiger partial charge in [-0.1, -0.05) is 232 Å². The van der Waals surface area contributed by atoms with E-state index >= 15 is 0 Å². The molecular formula is C52H101NO5. The van der Waals surface area contributed by atoms with Crippen molar-refractivity contribution in [1.82, 2.24) is 5.32 Å². The molecule has 0 radical (unpaired) electrons. The Morgan fingerprint density at radius 2 is 0.828 bits per heavy atom. The molecule has 1 amide bonds. The molecule has 0 heterocycles. The van der Waals surface area contributed by atoms with E-state index in [9.17, 15) is 19.8 Å². The van der Waals surface area contributed by atoms with E-state index in [2.05, 4.69) is 38.2 Å². The fraction of sp³-hybridized carbons (Fsp3) is 0.923. The van der Waals surface area contributed by atoms with Crippen molar-refractivity contribution in [3.05, 3.63) is 12.2 Å². The SMILES string of the molecule is CCCCCC/C=C\CCCCCCCCCC(=O)OC(CCCCCCCCCCCCCCCCC)CC(=O)NC(CO)C(O)CCCCCCCCCCC. The van der Waals surface area contributed by atoms with Crippen LogP contribution in [-0.2, 0) is 14.3 Å². The molecule has 0 fully saturated rings. The van der Waals surface area contributed by atoms with Crippen molar-refractivity contribution >= 4 is 11.9 Å². The second-order valence-corrected chi connectivity index (χ2v) is 17.9. The number of carbonyl (C=O) groups is 2. The van der Waals surface area contributed by atoms with Gasteiger partial charge >= 0.3 is 5.97 Å². The molecule has 344 valence electrons. The van der Waals surface area contributed by atoms with Crippen LogP contribution in [-0.4, -0.2) is 46.9 Å². The number of rotatable bonds is 47. The lowest BCUT2D eigenvalue weighted by Gasteiger charge is -2.24. The predicted molar refractivity (Wildman–Crippen MR) is 250 cm³/mol. The number of aliphatic hydroxyl groups excluding tert-OH is 2. The van der Waals surface area contributed by atoms with Crippen LogP contribution < -0.4 is 5.32 Å². The molecule has 0 spiro atoms. The van der Waals surface area contributed by atoms with Gasteiger partial charge in [0.05, 0.1) is 25.2 Å². The molecule has 0 bridgehead atoms. The Bertz CT molecular complexity index is 878. The van der Waals surface area contributed by atoms with Gasteiger partial charge in [-0.3, -0.25) is 9.59 Å². The van der Waals surface area contributed by atoms with Gasteiger partial charge in [0.2, 0.25) is 5.91 Å². The van der Waals surface area contributed by atoms with Gasteiger partial charge in [-0.2, -0.15) is 0 Å². The van der Waals surface area contributed by atoms with E-state index in [1.54, 1.807) is 0 Å². The van der Waals surface area contributed by atoms with E-state index in [0.717, 1.165) is 44.9 Å². The number of hydrogen-bond donors (Lipinski definition) is 3. The van der Waals surface area contributed by atoms with Crippen molar-refractivity contribution in [1.29, 1.82) is 0 Å². The highest BCUT2D eigenvalue weighted by Gasteiger charge is 2.24. The average molecular weight is 820 g/mol. The number of unbranched alkanes of at least 4 members (excludes halogenated alkanes) is 33. The molecule has 58 heavy (non-hydrogen) atoms. The smallest absolute Gasteiger partial charge is 0.306 e. The van der Waals surface area contributed by atoms with Crippen LogP contribution in [0.25, 0.3) is 0 Å². The average Bonchev–Trinajstić information content (AvgIpc) is 3.22. The highest BCUT2D eigenvalue weighted by Crippen LogP contribution is 2.18. The van der Waals surface area contributed by atoms with Crippen LogP contribution in [0.4, 0.5) is 0 Å². The van der Waals surface area contributed by atoms with Crippen LogP contribution in [0.15, 0.2) is 12.2 Å². The van der Waals surface area contributed by atoms with Gasteiger partial charge in [-0.25, -0.2) is 0 Å². The number of nitrogens with one attached hydrogen (secondary N) is 1. The van der Waals surface area contributed by atoms with Gasteiger partial charge in [0.15, 0.2) is 0 Å². The van der Waals surface area contributed by atoms with E-state index in [-0.39, 0.29) is 24.9 Å². The minimum Gasteiger partial charge on any atom is -0.462 e. The summed E-state index contributed by atoms with van der Waals surface area (Å²) in [7, 11) is 0. The summed E-state index contributed by atoms with van der Waals surface area (Å²) in [5.41, 5.74) is 0. The summed E-state index contributed by atoms with van der Waals surface area (Å²) in [6.45, 7) is 6.47. The van der Waals surface area contributed by atoms with Gasteiger partial charge in [0.25, 0.3) is 0 Å². The van der Waals surface area contributed by atoms with Crippen LogP contribution >= 0.6 is 0 Å². The number of hydrogen-bond acceptors (Lipinski definition) is 5. The first-order valence-electron chi connectivity index (χ1n) is 25.9. The number of carbonyl (C=O) groups excluding carboxylic acids is 2. The Hall–Kier alpha value is -1.40. The van der Waals surface area contributed by atoms with Crippen molar-refractivity contribution in [2.24, 2.45) is 0 Å². The highest BCUT2D eigenvalue weighted by atomic mass is 16.5. The molecule has 0 aromatic rings. The third kappa shape index (κ3) is 41.3. The molecule has 6 heteroatoms. The van der Waals surface area contributed by atoms with Crippen molar-refractivity contribution in [3.63, 3.8) is 0 Å². The van der Waals surface area contributed by atoms with Crippen molar-refractivity contribution in [3.8, 4) is 0 Å². The van der Waals surface area contributed by atoms with Crippen molar-refractivity contribution in [2.45, 2.75) is 302 Å². The second-order valence-electron chi connectivity index (χ2n) is 17.9. The van der Waals surface area contributed by atoms with E-state index in [0.29, 0.717) is 19.3 Å². The van der Waals surface area contributed by atoms with Crippen molar-refractivity contribution < 1.29 is 24.5 Å². The number of esters is 1. The molecule has 0 aliphatic rings. The minimum absolute atomic E-state index is 0.0830. The monoisotopic (exact) mass is 820 g/mol. The second kappa shape index (κ2) is 46.7. The maximum Gasteiger partial charge on any atom is 0.306 e. The molecule has 0 aliphatic heterocycles. The first-order valence-corrected chi connectivity index (χ1v) is 25.9. The molecule has 0 saturated heterocycles.